The van der Waals surface area contributed by atoms with Crippen molar-refractivity contribution in [1.82, 2.24) is 4.57 Å². The molecule has 0 bridgehead atoms. The van der Waals surface area contributed by atoms with Crippen molar-refractivity contribution < 1.29 is 0 Å². The van der Waals surface area contributed by atoms with Gasteiger partial charge in [0.1, 0.15) is 0 Å². The van der Waals surface area contributed by atoms with E-state index in [4.69, 9.17) is 0 Å². The summed E-state index contributed by atoms with van der Waals surface area (Å²) < 4.78 is 1.58. The second-order valence-electron chi connectivity index (χ2n) is 5.14. The fourth-order valence-electron chi connectivity index (χ4n) is 2.16. The minimum absolute atomic E-state index is 0.00238. The first-order valence-corrected chi connectivity index (χ1v) is 6.70. The maximum atomic E-state index is 12.1. The molecule has 0 amide bonds. The summed E-state index contributed by atoms with van der Waals surface area (Å²) in [5.41, 5.74) is 2.77. The number of nitrogens with zero attached hydrogens (tertiary/aromatic N) is 3. The Kier molecular flexibility index (Phi) is 4.17. The molecule has 21 heavy (non-hydrogen) atoms. The molecule has 0 N–H and O–H groups in total. The van der Waals surface area contributed by atoms with Crippen molar-refractivity contribution in [3.05, 3.63) is 58.0 Å². The first-order valence-electron chi connectivity index (χ1n) is 6.70. The third-order valence-electron chi connectivity index (χ3n) is 3.28. The molecular formula is C17H19N3O. The number of aryl methyl sites for hydroxylation is 2. The van der Waals surface area contributed by atoms with E-state index in [9.17, 15) is 4.79 Å². The van der Waals surface area contributed by atoms with Crippen LogP contribution in [0.15, 0.2) is 51.3 Å². The molecule has 4 nitrogen and oxygen atoms in total. The fraction of sp³-hybridized carbons (Fsp3) is 0.235. The van der Waals surface area contributed by atoms with Gasteiger partial charge in [-0.15, -0.1) is 0 Å². The Morgan fingerprint density at radius 1 is 1.38 bits per heavy atom. The molecule has 0 aliphatic heterocycles. The molecule has 0 saturated carbocycles. The van der Waals surface area contributed by atoms with Crippen molar-refractivity contribution in [1.29, 1.82) is 0 Å². The van der Waals surface area contributed by atoms with Gasteiger partial charge in [-0.25, -0.2) is 4.99 Å². The van der Waals surface area contributed by atoms with Gasteiger partial charge in [0.15, 0.2) is 5.84 Å². The summed E-state index contributed by atoms with van der Waals surface area (Å²) in [5.74, 6) is 0.637. The van der Waals surface area contributed by atoms with Crippen LogP contribution < -0.4 is 5.56 Å². The highest BCUT2D eigenvalue weighted by Gasteiger charge is 2.09. The number of hydrogen-bond acceptors (Lipinski definition) is 2. The molecule has 1 aromatic carbocycles. The van der Waals surface area contributed by atoms with Gasteiger partial charge in [0, 0.05) is 37.5 Å². The molecule has 108 valence electrons. The first kappa shape index (κ1) is 14.9. The molecule has 0 atom stereocenters. The first-order chi connectivity index (χ1) is 9.93. The van der Waals surface area contributed by atoms with E-state index in [1.54, 1.807) is 31.1 Å². The maximum Gasteiger partial charge on any atom is 0.258 e. The van der Waals surface area contributed by atoms with E-state index in [0.717, 1.165) is 22.1 Å². The zero-order valence-electron chi connectivity index (χ0n) is 12.8. The molecule has 1 aromatic heterocycles. The standard InChI is InChI=1S/C17H19N3O/c1-11(2)10-19-16(18-4)14-9-13-6-7-20(5)17(21)15(13)8-12(14)3/h6-10H,1H2,2-5H3. The number of aromatic nitrogens is 1. The van der Waals surface area contributed by atoms with E-state index >= 15 is 0 Å². The van der Waals surface area contributed by atoms with Gasteiger partial charge in [-0.3, -0.25) is 9.79 Å². The average Bonchev–Trinajstić information content (AvgIpc) is 2.44. The molecule has 0 aliphatic rings. The highest BCUT2D eigenvalue weighted by atomic mass is 16.1. The van der Waals surface area contributed by atoms with E-state index in [1.807, 2.05) is 32.0 Å². The van der Waals surface area contributed by atoms with Crippen LogP contribution in [0.4, 0.5) is 0 Å². The van der Waals surface area contributed by atoms with Gasteiger partial charge in [-0.2, -0.15) is 0 Å². The van der Waals surface area contributed by atoms with Crippen LogP contribution in [0.5, 0.6) is 0 Å². The predicted octanol–water partition coefficient (Wildman–Crippen LogP) is 2.87. The largest absolute Gasteiger partial charge is 0.318 e. The van der Waals surface area contributed by atoms with Crippen LogP contribution in [0, 0.1) is 6.92 Å². The zero-order valence-corrected chi connectivity index (χ0v) is 12.8. The Balaban J connectivity index is 2.66. The number of amidine groups is 1. The van der Waals surface area contributed by atoms with Crippen LogP contribution in [0.1, 0.15) is 18.1 Å². The van der Waals surface area contributed by atoms with Crippen molar-refractivity contribution in [2.24, 2.45) is 17.0 Å². The summed E-state index contributed by atoms with van der Waals surface area (Å²) >= 11 is 0. The Bertz CT molecular complexity index is 826. The van der Waals surface area contributed by atoms with E-state index in [-0.39, 0.29) is 5.56 Å². The lowest BCUT2D eigenvalue weighted by Crippen LogP contribution is -2.16. The number of rotatable bonds is 2. The van der Waals surface area contributed by atoms with Crippen molar-refractivity contribution in [3.63, 3.8) is 0 Å². The highest BCUT2D eigenvalue weighted by molar-refractivity contribution is 6.07. The number of benzene rings is 1. The van der Waals surface area contributed by atoms with Gasteiger partial charge < -0.3 is 4.57 Å². The van der Waals surface area contributed by atoms with Crippen LogP contribution >= 0.6 is 0 Å². The Morgan fingerprint density at radius 3 is 2.71 bits per heavy atom. The van der Waals surface area contributed by atoms with E-state index in [2.05, 4.69) is 16.6 Å². The summed E-state index contributed by atoms with van der Waals surface area (Å²) in [4.78, 5) is 20.7. The smallest absolute Gasteiger partial charge is 0.258 e. The second kappa shape index (κ2) is 5.87. The minimum Gasteiger partial charge on any atom is -0.318 e. The SMILES string of the molecule is C=C(C)C=NC(=NC)c1cc2ccn(C)c(=O)c2cc1C. The molecular weight excluding hydrogens is 262 g/mol. The Morgan fingerprint density at radius 2 is 2.10 bits per heavy atom. The topological polar surface area (TPSA) is 46.7 Å². The monoisotopic (exact) mass is 281 g/mol. The molecule has 0 fully saturated rings. The van der Waals surface area contributed by atoms with Crippen molar-refractivity contribution >= 4 is 22.8 Å². The average molecular weight is 281 g/mol. The van der Waals surface area contributed by atoms with Crippen molar-refractivity contribution in [2.45, 2.75) is 13.8 Å². The lowest BCUT2D eigenvalue weighted by molar-refractivity contribution is 0.873. The van der Waals surface area contributed by atoms with Gasteiger partial charge in [0.25, 0.3) is 5.56 Å². The summed E-state index contributed by atoms with van der Waals surface area (Å²) in [6.45, 7) is 7.64. The summed E-state index contributed by atoms with van der Waals surface area (Å²) in [6, 6.07) is 5.79. The molecule has 0 aliphatic carbocycles. The highest BCUT2D eigenvalue weighted by Crippen LogP contribution is 2.18. The van der Waals surface area contributed by atoms with Crippen LogP contribution in [0.2, 0.25) is 0 Å². The predicted molar refractivity (Wildman–Crippen MR) is 89.7 cm³/mol. The lowest BCUT2D eigenvalue weighted by Gasteiger charge is -2.08. The maximum absolute atomic E-state index is 12.1. The van der Waals surface area contributed by atoms with Crippen molar-refractivity contribution in [2.75, 3.05) is 7.05 Å². The Hall–Kier alpha value is -2.49. The number of allylic oxidation sites excluding steroid dienone is 1. The number of pyridine rings is 1. The molecule has 0 spiro atoms. The van der Waals surface area contributed by atoms with Crippen molar-refractivity contribution in [3.8, 4) is 0 Å². The van der Waals surface area contributed by atoms with Crippen LogP contribution in [-0.4, -0.2) is 23.7 Å². The molecule has 0 radical (unpaired) electrons. The van der Waals surface area contributed by atoms with Crippen LogP contribution in [0.25, 0.3) is 10.8 Å². The molecule has 4 heteroatoms. The van der Waals surface area contributed by atoms with Gasteiger partial charge in [0.05, 0.1) is 0 Å². The molecule has 0 saturated heterocycles. The summed E-state index contributed by atoms with van der Waals surface area (Å²) in [6.07, 6.45) is 3.46. The molecule has 1 heterocycles. The molecule has 2 rings (SSSR count). The lowest BCUT2D eigenvalue weighted by atomic mass is 10.0. The van der Waals surface area contributed by atoms with E-state index in [0.29, 0.717) is 11.2 Å². The quantitative estimate of drug-likeness (QED) is 0.616. The normalized spacial score (nSPS) is 12.3. The third kappa shape index (κ3) is 2.99. The minimum atomic E-state index is 0.00238. The number of aliphatic imine (C=N–C) groups is 2. The van der Waals surface area contributed by atoms with E-state index < -0.39 is 0 Å². The molecule has 2 aromatic rings. The number of hydrogen-bond donors (Lipinski definition) is 0. The van der Waals surface area contributed by atoms with E-state index in [1.165, 1.54) is 0 Å². The van der Waals surface area contributed by atoms with Crippen LogP contribution in [-0.2, 0) is 7.05 Å². The molecule has 0 unspecified atom stereocenters. The second-order valence-corrected chi connectivity index (χ2v) is 5.14. The Labute approximate surface area is 124 Å². The summed E-state index contributed by atoms with van der Waals surface area (Å²) in [5, 5.41) is 1.60. The fourth-order valence-corrected chi connectivity index (χ4v) is 2.16. The van der Waals surface area contributed by atoms with Gasteiger partial charge in [0.2, 0.25) is 0 Å². The third-order valence-corrected chi connectivity index (χ3v) is 3.28. The number of fused-ring (bicyclic) bond motifs is 1. The van der Waals surface area contributed by atoms with Gasteiger partial charge in [-0.05, 0) is 48.6 Å². The summed E-state index contributed by atoms with van der Waals surface area (Å²) in [7, 11) is 3.46. The van der Waals surface area contributed by atoms with Gasteiger partial charge in [-0.1, -0.05) is 6.58 Å². The zero-order chi connectivity index (χ0) is 15.6. The van der Waals surface area contributed by atoms with Gasteiger partial charge >= 0.3 is 0 Å². The van der Waals surface area contributed by atoms with Crippen LogP contribution in [0.3, 0.4) is 0 Å².